The number of rotatable bonds is 3. The van der Waals surface area contributed by atoms with E-state index in [2.05, 4.69) is 40.6 Å². The highest BCUT2D eigenvalue weighted by Gasteiger charge is 2.16. The summed E-state index contributed by atoms with van der Waals surface area (Å²) in [5.41, 5.74) is 4.39. The lowest BCUT2D eigenvalue weighted by Crippen LogP contribution is -2.18. The maximum absolute atomic E-state index is 6.48. The van der Waals surface area contributed by atoms with Crippen molar-refractivity contribution >= 4 is 22.5 Å². The van der Waals surface area contributed by atoms with Gasteiger partial charge in [-0.05, 0) is 48.9 Å². The van der Waals surface area contributed by atoms with Crippen LogP contribution in [-0.2, 0) is 0 Å². The Balaban J connectivity index is 2.11. The number of hydrogen-bond donors (Lipinski definition) is 1. The Bertz CT molecular complexity index is 783. The molecule has 1 atom stereocenters. The lowest BCUT2D eigenvalue weighted by Gasteiger charge is -2.20. The van der Waals surface area contributed by atoms with Gasteiger partial charge in [0.1, 0.15) is 0 Å². The summed E-state index contributed by atoms with van der Waals surface area (Å²) in [6, 6.07) is 16.6. The zero-order chi connectivity index (χ0) is 14.8. The Morgan fingerprint density at radius 3 is 2.76 bits per heavy atom. The molecule has 106 valence electrons. The van der Waals surface area contributed by atoms with E-state index in [4.69, 9.17) is 11.6 Å². The van der Waals surface area contributed by atoms with Crippen molar-refractivity contribution in [3.63, 3.8) is 0 Å². The largest absolute Gasteiger partial charge is 0.309 e. The SMILES string of the molecule is CNC(c1ccc2ncccc2c1)c1cccc(C)c1Cl. The van der Waals surface area contributed by atoms with Crippen LogP contribution in [-0.4, -0.2) is 12.0 Å². The van der Waals surface area contributed by atoms with Crippen LogP contribution in [0, 0.1) is 6.92 Å². The molecule has 0 amide bonds. The fourth-order valence-electron chi connectivity index (χ4n) is 2.67. The van der Waals surface area contributed by atoms with Crippen molar-refractivity contribution in [3.8, 4) is 0 Å². The lowest BCUT2D eigenvalue weighted by atomic mass is 9.96. The average Bonchev–Trinajstić information content (AvgIpc) is 2.52. The molecular formula is C18H17ClN2. The predicted octanol–water partition coefficient (Wildman–Crippen LogP) is 4.51. The van der Waals surface area contributed by atoms with Crippen molar-refractivity contribution in [2.75, 3.05) is 7.05 Å². The minimum absolute atomic E-state index is 0.0713. The van der Waals surface area contributed by atoms with Crippen LogP contribution in [0.25, 0.3) is 10.9 Å². The van der Waals surface area contributed by atoms with Gasteiger partial charge in [-0.25, -0.2) is 0 Å². The molecule has 2 aromatic carbocycles. The number of fused-ring (bicyclic) bond motifs is 1. The van der Waals surface area contributed by atoms with E-state index in [9.17, 15) is 0 Å². The molecule has 3 aromatic rings. The molecule has 0 spiro atoms. The van der Waals surface area contributed by atoms with Crippen LogP contribution in [0.2, 0.25) is 5.02 Å². The number of nitrogens with zero attached hydrogens (tertiary/aromatic N) is 1. The minimum Gasteiger partial charge on any atom is -0.309 e. The smallest absolute Gasteiger partial charge is 0.0702 e. The van der Waals surface area contributed by atoms with Crippen molar-refractivity contribution in [2.24, 2.45) is 0 Å². The molecule has 1 heterocycles. The summed E-state index contributed by atoms with van der Waals surface area (Å²) in [6.45, 7) is 2.03. The van der Waals surface area contributed by atoms with Gasteiger partial charge < -0.3 is 5.32 Å². The summed E-state index contributed by atoms with van der Waals surface area (Å²) in [4.78, 5) is 4.37. The van der Waals surface area contributed by atoms with E-state index < -0.39 is 0 Å². The highest BCUT2D eigenvalue weighted by molar-refractivity contribution is 6.32. The van der Waals surface area contributed by atoms with E-state index in [1.165, 1.54) is 5.56 Å². The number of halogens is 1. The third kappa shape index (κ3) is 2.65. The molecule has 0 aliphatic carbocycles. The lowest BCUT2D eigenvalue weighted by molar-refractivity contribution is 0.692. The summed E-state index contributed by atoms with van der Waals surface area (Å²) < 4.78 is 0. The van der Waals surface area contributed by atoms with E-state index in [0.717, 1.165) is 27.1 Å². The molecule has 0 saturated heterocycles. The molecule has 0 aliphatic rings. The average molecular weight is 297 g/mol. The third-order valence-electron chi connectivity index (χ3n) is 3.78. The summed E-state index contributed by atoms with van der Waals surface area (Å²) in [5, 5.41) is 5.32. The summed E-state index contributed by atoms with van der Waals surface area (Å²) >= 11 is 6.48. The van der Waals surface area contributed by atoms with Crippen LogP contribution in [0.4, 0.5) is 0 Å². The van der Waals surface area contributed by atoms with Crippen molar-refractivity contribution in [1.82, 2.24) is 10.3 Å². The molecule has 3 heteroatoms. The zero-order valence-electron chi connectivity index (χ0n) is 12.1. The van der Waals surface area contributed by atoms with Crippen molar-refractivity contribution in [3.05, 3.63) is 76.4 Å². The molecule has 21 heavy (non-hydrogen) atoms. The van der Waals surface area contributed by atoms with Gasteiger partial charge >= 0.3 is 0 Å². The maximum atomic E-state index is 6.48. The Morgan fingerprint density at radius 2 is 1.95 bits per heavy atom. The Hall–Kier alpha value is -1.90. The molecule has 1 unspecified atom stereocenters. The third-order valence-corrected chi connectivity index (χ3v) is 4.30. The van der Waals surface area contributed by atoms with Gasteiger partial charge in [0.2, 0.25) is 0 Å². The van der Waals surface area contributed by atoms with Gasteiger partial charge in [0.05, 0.1) is 11.6 Å². The fourth-order valence-corrected chi connectivity index (χ4v) is 2.90. The Morgan fingerprint density at radius 1 is 1.10 bits per heavy atom. The van der Waals surface area contributed by atoms with Gasteiger partial charge in [0.15, 0.2) is 0 Å². The molecular weight excluding hydrogens is 280 g/mol. The second-order valence-corrected chi connectivity index (χ2v) is 5.53. The molecule has 0 aliphatic heterocycles. The first kappa shape index (κ1) is 14.1. The standard InChI is InChI=1S/C18H17ClN2/c1-12-5-3-7-15(17(12)19)18(20-2)14-8-9-16-13(11-14)6-4-10-21-16/h3-11,18,20H,1-2H3. The minimum atomic E-state index is 0.0713. The van der Waals surface area contributed by atoms with E-state index in [0.29, 0.717) is 0 Å². The van der Waals surface area contributed by atoms with Crippen molar-refractivity contribution < 1.29 is 0 Å². The first-order valence-electron chi connectivity index (χ1n) is 6.97. The van der Waals surface area contributed by atoms with Gasteiger partial charge in [-0.3, -0.25) is 4.98 Å². The highest BCUT2D eigenvalue weighted by Crippen LogP contribution is 2.31. The van der Waals surface area contributed by atoms with E-state index in [1.54, 1.807) is 0 Å². The second-order valence-electron chi connectivity index (χ2n) is 5.16. The van der Waals surface area contributed by atoms with Crippen LogP contribution < -0.4 is 5.32 Å². The molecule has 3 rings (SSSR count). The Labute approximate surface area is 129 Å². The van der Waals surface area contributed by atoms with Crippen LogP contribution in [0.1, 0.15) is 22.7 Å². The second kappa shape index (κ2) is 5.84. The van der Waals surface area contributed by atoms with E-state index in [-0.39, 0.29) is 6.04 Å². The molecule has 0 radical (unpaired) electrons. The summed E-state index contributed by atoms with van der Waals surface area (Å²) in [6.07, 6.45) is 1.81. The van der Waals surface area contributed by atoms with Gasteiger partial charge in [-0.15, -0.1) is 0 Å². The van der Waals surface area contributed by atoms with E-state index >= 15 is 0 Å². The molecule has 2 nitrogen and oxygen atoms in total. The maximum Gasteiger partial charge on any atom is 0.0702 e. The van der Waals surface area contributed by atoms with Gasteiger partial charge in [0, 0.05) is 16.6 Å². The number of aromatic nitrogens is 1. The first-order chi connectivity index (χ1) is 10.2. The zero-order valence-corrected chi connectivity index (χ0v) is 12.9. The monoisotopic (exact) mass is 296 g/mol. The number of pyridine rings is 1. The van der Waals surface area contributed by atoms with Crippen molar-refractivity contribution in [1.29, 1.82) is 0 Å². The molecule has 0 bridgehead atoms. The quantitative estimate of drug-likeness (QED) is 0.769. The van der Waals surface area contributed by atoms with E-state index in [1.807, 2.05) is 38.4 Å². The number of aryl methyl sites for hydroxylation is 1. The predicted molar refractivity (Wildman–Crippen MR) is 88.8 cm³/mol. The number of benzene rings is 2. The van der Waals surface area contributed by atoms with Gasteiger partial charge in [-0.2, -0.15) is 0 Å². The molecule has 0 saturated carbocycles. The highest BCUT2D eigenvalue weighted by atomic mass is 35.5. The topological polar surface area (TPSA) is 24.9 Å². The fraction of sp³-hybridized carbons (Fsp3) is 0.167. The van der Waals surface area contributed by atoms with Crippen LogP contribution in [0.15, 0.2) is 54.7 Å². The number of nitrogens with one attached hydrogen (secondary N) is 1. The van der Waals surface area contributed by atoms with Crippen LogP contribution >= 0.6 is 11.6 Å². The van der Waals surface area contributed by atoms with Gasteiger partial charge in [-0.1, -0.05) is 41.9 Å². The molecule has 1 aromatic heterocycles. The first-order valence-corrected chi connectivity index (χ1v) is 7.35. The normalized spacial score (nSPS) is 12.5. The number of hydrogen-bond acceptors (Lipinski definition) is 2. The van der Waals surface area contributed by atoms with Crippen LogP contribution in [0.3, 0.4) is 0 Å². The van der Waals surface area contributed by atoms with Crippen molar-refractivity contribution in [2.45, 2.75) is 13.0 Å². The Kier molecular flexibility index (Phi) is 3.91. The van der Waals surface area contributed by atoms with Gasteiger partial charge in [0.25, 0.3) is 0 Å². The molecule has 0 fully saturated rings. The summed E-state index contributed by atoms with van der Waals surface area (Å²) in [7, 11) is 1.96. The molecule has 1 N–H and O–H groups in total. The summed E-state index contributed by atoms with van der Waals surface area (Å²) in [5.74, 6) is 0. The van der Waals surface area contributed by atoms with Crippen LogP contribution in [0.5, 0.6) is 0 Å².